The van der Waals surface area contributed by atoms with Crippen LogP contribution in [-0.2, 0) is 11.3 Å². The second-order valence-electron chi connectivity index (χ2n) is 5.03. The van der Waals surface area contributed by atoms with Crippen molar-refractivity contribution in [1.29, 1.82) is 0 Å². The minimum atomic E-state index is -0.301. The Bertz CT molecular complexity index is 709. The molecule has 1 aromatic carbocycles. The maximum atomic E-state index is 12.8. The van der Waals surface area contributed by atoms with Crippen molar-refractivity contribution in [2.24, 2.45) is 0 Å². The lowest BCUT2D eigenvalue weighted by Gasteiger charge is -2.08. The molecule has 1 N–H and O–H groups in total. The van der Waals surface area contributed by atoms with E-state index in [-0.39, 0.29) is 11.7 Å². The van der Waals surface area contributed by atoms with E-state index >= 15 is 0 Å². The lowest BCUT2D eigenvalue weighted by Crippen LogP contribution is -2.22. The molecule has 0 bridgehead atoms. The first-order valence-corrected chi connectivity index (χ1v) is 6.98. The van der Waals surface area contributed by atoms with E-state index in [1.807, 2.05) is 20.8 Å². The smallest absolute Gasteiger partial charge is 0.244 e. The minimum Gasteiger partial charge on any atom is -0.347 e. The van der Waals surface area contributed by atoms with Crippen molar-refractivity contribution in [2.75, 3.05) is 0 Å². The van der Waals surface area contributed by atoms with E-state index in [0.717, 1.165) is 28.3 Å². The van der Waals surface area contributed by atoms with Crippen molar-refractivity contribution >= 4 is 12.0 Å². The molecule has 0 saturated carbocycles. The number of hydrogen-bond acceptors (Lipinski definition) is 3. The van der Waals surface area contributed by atoms with Gasteiger partial charge in [-0.2, -0.15) is 0 Å². The zero-order valence-corrected chi connectivity index (χ0v) is 12.9. The molecular formula is C17H18FN3O. The number of rotatable bonds is 4. The molecule has 1 heterocycles. The average molecular weight is 299 g/mol. The Balaban J connectivity index is 1.95. The largest absolute Gasteiger partial charge is 0.347 e. The van der Waals surface area contributed by atoms with Crippen LogP contribution in [0.4, 0.5) is 4.39 Å². The number of carbonyl (C=O) groups is 1. The van der Waals surface area contributed by atoms with Gasteiger partial charge in [0.25, 0.3) is 0 Å². The highest BCUT2D eigenvalue weighted by Gasteiger charge is 2.06. The molecule has 1 aromatic heterocycles. The molecule has 0 fully saturated rings. The van der Waals surface area contributed by atoms with E-state index in [4.69, 9.17) is 0 Å². The second-order valence-corrected chi connectivity index (χ2v) is 5.03. The maximum absolute atomic E-state index is 12.8. The predicted octanol–water partition coefficient (Wildman–Crippen LogP) is 2.87. The molecule has 0 unspecified atom stereocenters. The summed E-state index contributed by atoms with van der Waals surface area (Å²) in [6.07, 6.45) is 3.05. The fourth-order valence-corrected chi connectivity index (χ4v) is 1.90. The number of carbonyl (C=O) groups excluding carboxylic acids is 1. The van der Waals surface area contributed by atoms with E-state index in [2.05, 4.69) is 15.3 Å². The second kappa shape index (κ2) is 6.93. The molecule has 0 aliphatic heterocycles. The first kappa shape index (κ1) is 15.8. The molecule has 22 heavy (non-hydrogen) atoms. The van der Waals surface area contributed by atoms with Gasteiger partial charge < -0.3 is 5.32 Å². The number of aromatic nitrogens is 2. The highest BCUT2D eigenvalue weighted by molar-refractivity contribution is 5.91. The van der Waals surface area contributed by atoms with Crippen LogP contribution in [0.25, 0.3) is 6.08 Å². The maximum Gasteiger partial charge on any atom is 0.244 e. The van der Waals surface area contributed by atoms with Gasteiger partial charge in [-0.05, 0) is 44.5 Å². The van der Waals surface area contributed by atoms with Crippen LogP contribution in [0.2, 0.25) is 0 Å². The van der Waals surface area contributed by atoms with Gasteiger partial charge in [-0.15, -0.1) is 0 Å². The van der Waals surface area contributed by atoms with E-state index in [1.165, 1.54) is 18.2 Å². The van der Waals surface area contributed by atoms with Gasteiger partial charge >= 0.3 is 0 Å². The van der Waals surface area contributed by atoms with Gasteiger partial charge in [0.2, 0.25) is 5.91 Å². The lowest BCUT2D eigenvalue weighted by atomic mass is 10.2. The molecule has 0 atom stereocenters. The van der Waals surface area contributed by atoms with Crippen molar-refractivity contribution in [2.45, 2.75) is 27.3 Å². The molecule has 0 saturated heterocycles. The fourth-order valence-electron chi connectivity index (χ4n) is 1.90. The Morgan fingerprint density at radius 2 is 1.73 bits per heavy atom. The van der Waals surface area contributed by atoms with Crippen LogP contribution in [0, 0.1) is 26.6 Å². The molecular weight excluding hydrogens is 281 g/mol. The van der Waals surface area contributed by atoms with E-state index in [9.17, 15) is 9.18 Å². The van der Waals surface area contributed by atoms with Crippen molar-refractivity contribution < 1.29 is 9.18 Å². The van der Waals surface area contributed by atoms with E-state index in [0.29, 0.717) is 6.54 Å². The summed E-state index contributed by atoms with van der Waals surface area (Å²) in [4.78, 5) is 20.6. The first-order valence-electron chi connectivity index (χ1n) is 6.98. The number of halogens is 1. The van der Waals surface area contributed by atoms with Gasteiger partial charge in [-0.3, -0.25) is 14.8 Å². The van der Waals surface area contributed by atoms with Gasteiger partial charge in [0.05, 0.1) is 29.3 Å². The third-order valence-electron chi connectivity index (χ3n) is 3.31. The van der Waals surface area contributed by atoms with Gasteiger partial charge in [0.15, 0.2) is 0 Å². The van der Waals surface area contributed by atoms with Gasteiger partial charge in [-0.25, -0.2) is 4.39 Å². The number of hydrogen-bond donors (Lipinski definition) is 1. The Kier molecular flexibility index (Phi) is 4.99. The summed E-state index contributed by atoms with van der Waals surface area (Å²) >= 11 is 0. The molecule has 0 spiro atoms. The Labute approximate surface area is 129 Å². The Morgan fingerprint density at radius 3 is 2.41 bits per heavy atom. The van der Waals surface area contributed by atoms with E-state index < -0.39 is 0 Å². The molecule has 0 aliphatic rings. The third-order valence-corrected chi connectivity index (χ3v) is 3.31. The summed E-state index contributed by atoms with van der Waals surface area (Å²) in [6.45, 7) is 5.99. The minimum absolute atomic E-state index is 0.233. The summed E-state index contributed by atoms with van der Waals surface area (Å²) in [7, 11) is 0. The number of aryl methyl sites for hydroxylation is 3. The molecule has 5 heteroatoms. The van der Waals surface area contributed by atoms with Crippen LogP contribution < -0.4 is 5.32 Å². The van der Waals surface area contributed by atoms with Gasteiger partial charge in [-0.1, -0.05) is 12.1 Å². The topological polar surface area (TPSA) is 54.9 Å². The predicted molar refractivity (Wildman–Crippen MR) is 83.5 cm³/mol. The summed E-state index contributed by atoms with van der Waals surface area (Å²) in [6, 6.07) is 5.92. The van der Waals surface area contributed by atoms with Crippen molar-refractivity contribution in [1.82, 2.24) is 15.3 Å². The highest BCUT2D eigenvalue weighted by atomic mass is 19.1. The number of nitrogens with zero attached hydrogens (tertiary/aromatic N) is 2. The van der Waals surface area contributed by atoms with E-state index in [1.54, 1.807) is 18.2 Å². The third kappa shape index (κ3) is 4.22. The molecule has 2 rings (SSSR count). The zero-order valence-electron chi connectivity index (χ0n) is 12.9. The summed E-state index contributed by atoms with van der Waals surface area (Å²) in [5.74, 6) is -0.533. The van der Waals surface area contributed by atoms with Crippen LogP contribution in [0.3, 0.4) is 0 Å². The normalized spacial score (nSPS) is 10.9. The highest BCUT2D eigenvalue weighted by Crippen LogP contribution is 2.07. The molecule has 0 aliphatic carbocycles. The van der Waals surface area contributed by atoms with Gasteiger partial charge in [0, 0.05) is 6.08 Å². The SMILES string of the molecule is Cc1nc(C)c(CNC(=O)/C=C/c2ccc(F)cc2)nc1C. The van der Waals surface area contributed by atoms with Gasteiger partial charge in [0.1, 0.15) is 5.82 Å². The summed E-state index contributed by atoms with van der Waals surface area (Å²) in [5, 5.41) is 2.77. The lowest BCUT2D eigenvalue weighted by molar-refractivity contribution is -0.116. The van der Waals surface area contributed by atoms with Crippen LogP contribution in [0.15, 0.2) is 30.3 Å². The monoisotopic (exact) mass is 299 g/mol. The van der Waals surface area contributed by atoms with Crippen LogP contribution in [0.5, 0.6) is 0 Å². The standard InChI is InChI=1S/C17H18FN3O/c1-11-12(2)21-16(13(3)20-11)10-19-17(22)9-6-14-4-7-15(18)8-5-14/h4-9H,10H2,1-3H3,(H,19,22)/b9-6+. The zero-order chi connectivity index (χ0) is 16.1. The average Bonchev–Trinajstić information content (AvgIpc) is 2.49. The van der Waals surface area contributed by atoms with Crippen LogP contribution in [0.1, 0.15) is 28.3 Å². The first-order chi connectivity index (χ1) is 10.5. The number of benzene rings is 1. The number of nitrogens with one attached hydrogen (secondary N) is 1. The Hall–Kier alpha value is -2.56. The molecule has 4 nitrogen and oxygen atoms in total. The quantitative estimate of drug-likeness (QED) is 0.883. The molecule has 0 radical (unpaired) electrons. The fraction of sp³-hybridized carbons (Fsp3) is 0.235. The van der Waals surface area contributed by atoms with Crippen molar-refractivity contribution in [3.05, 3.63) is 64.5 Å². The van der Waals surface area contributed by atoms with Crippen LogP contribution >= 0.6 is 0 Å². The van der Waals surface area contributed by atoms with Crippen LogP contribution in [-0.4, -0.2) is 15.9 Å². The summed E-state index contributed by atoms with van der Waals surface area (Å²) < 4.78 is 12.8. The number of amides is 1. The van der Waals surface area contributed by atoms with Crippen molar-refractivity contribution in [3.63, 3.8) is 0 Å². The Morgan fingerprint density at radius 1 is 1.09 bits per heavy atom. The molecule has 2 aromatic rings. The molecule has 114 valence electrons. The molecule has 1 amide bonds. The summed E-state index contributed by atoms with van der Waals surface area (Å²) in [5.41, 5.74) is 4.08. The van der Waals surface area contributed by atoms with Crippen molar-refractivity contribution in [3.8, 4) is 0 Å².